The fourth-order valence-electron chi connectivity index (χ4n) is 2.94. The molecule has 0 aliphatic rings. The molecule has 0 atom stereocenters. The van der Waals surface area contributed by atoms with E-state index in [4.69, 9.17) is 5.14 Å². The van der Waals surface area contributed by atoms with Crippen molar-refractivity contribution < 1.29 is 26.6 Å². The van der Waals surface area contributed by atoms with Crippen LogP contribution in [0.2, 0.25) is 0 Å². The van der Waals surface area contributed by atoms with Crippen molar-refractivity contribution in [1.29, 1.82) is 0 Å². The number of primary sulfonamides is 1. The highest BCUT2D eigenvalue weighted by Gasteiger charge is 2.18. The lowest BCUT2D eigenvalue weighted by atomic mass is 10.1. The number of hydrogen-bond donors (Lipinski definition) is 3. The topological polar surface area (TPSA) is 179 Å². The molecule has 0 saturated heterocycles. The molecule has 4 N–H and O–H groups in total. The van der Waals surface area contributed by atoms with E-state index in [0.29, 0.717) is 12.0 Å². The fraction of sp³-hybridized carbons (Fsp3) is 0.0952. The summed E-state index contributed by atoms with van der Waals surface area (Å²) in [6.45, 7) is 0.286. The molecular weight excluding hydrogens is 484 g/mol. The van der Waals surface area contributed by atoms with E-state index in [1.54, 1.807) is 12.1 Å². The van der Waals surface area contributed by atoms with E-state index >= 15 is 0 Å². The van der Waals surface area contributed by atoms with E-state index in [1.807, 2.05) is 0 Å². The normalized spacial score (nSPS) is 11.6. The molecule has 0 aliphatic carbocycles. The zero-order valence-electron chi connectivity index (χ0n) is 17.5. The van der Waals surface area contributed by atoms with Gasteiger partial charge in [0.15, 0.2) is 0 Å². The van der Waals surface area contributed by atoms with Gasteiger partial charge in [-0.25, -0.2) is 22.0 Å². The summed E-state index contributed by atoms with van der Waals surface area (Å²) in [5.74, 6) is -0.380. The molecule has 3 aromatic carbocycles. The van der Waals surface area contributed by atoms with Crippen LogP contribution in [0.5, 0.6) is 0 Å². The Balaban J connectivity index is 1.58. The number of nitrogens with two attached hydrogens (primary N) is 1. The molecule has 0 heterocycles. The maximum Gasteiger partial charge on any atom is 0.270 e. The van der Waals surface area contributed by atoms with Crippen LogP contribution in [-0.4, -0.2) is 34.2 Å². The van der Waals surface area contributed by atoms with Gasteiger partial charge in [0.05, 0.1) is 14.7 Å². The summed E-state index contributed by atoms with van der Waals surface area (Å²) >= 11 is 0. The molecular formula is C21H20N4O7S2. The number of carbonyl (C=O) groups is 1. The third-order valence-electron chi connectivity index (χ3n) is 4.69. The van der Waals surface area contributed by atoms with Gasteiger partial charge in [0, 0.05) is 29.9 Å². The van der Waals surface area contributed by atoms with Crippen molar-refractivity contribution in [3.63, 3.8) is 0 Å². The Labute approximate surface area is 195 Å². The number of sulfonamides is 2. The molecule has 3 aromatic rings. The molecule has 0 spiro atoms. The van der Waals surface area contributed by atoms with E-state index in [9.17, 15) is 31.7 Å². The third-order valence-corrected chi connectivity index (χ3v) is 7.00. The summed E-state index contributed by atoms with van der Waals surface area (Å²) < 4.78 is 49.8. The van der Waals surface area contributed by atoms with Gasteiger partial charge in [-0.15, -0.1) is 0 Å². The van der Waals surface area contributed by atoms with Crippen LogP contribution in [0.25, 0.3) is 0 Å². The van der Waals surface area contributed by atoms with Crippen LogP contribution in [0.1, 0.15) is 15.9 Å². The SMILES string of the molecule is NS(=O)(=O)c1ccc(CCNC(=O)c2ccc(NS(=O)(=O)c3cccc([N+](=O)[O-])c3)cc2)cc1. The van der Waals surface area contributed by atoms with Crippen molar-refractivity contribution in [2.75, 3.05) is 11.3 Å². The molecule has 0 aromatic heterocycles. The Bertz CT molecular complexity index is 1420. The number of non-ortho nitro benzene ring substituents is 1. The number of hydrogen-bond acceptors (Lipinski definition) is 7. The van der Waals surface area contributed by atoms with Crippen LogP contribution in [0.3, 0.4) is 0 Å². The minimum atomic E-state index is -4.06. The van der Waals surface area contributed by atoms with Crippen molar-refractivity contribution in [3.8, 4) is 0 Å². The Morgan fingerprint density at radius 1 is 0.912 bits per heavy atom. The van der Waals surface area contributed by atoms with Gasteiger partial charge in [-0.2, -0.15) is 0 Å². The second-order valence-electron chi connectivity index (χ2n) is 7.13. The van der Waals surface area contributed by atoms with Crippen molar-refractivity contribution >= 4 is 37.3 Å². The molecule has 3 rings (SSSR count). The first-order valence-corrected chi connectivity index (χ1v) is 12.8. The lowest BCUT2D eigenvalue weighted by Gasteiger charge is -2.09. The van der Waals surface area contributed by atoms with Gasteiger partial charge in [0.2, 0.25) is 10.0 Å². The second kappa shape index (κ2) is 9.99. The standard InChI is InChI=1S/C21H20N4O7S2/c22-33(29,30)19-10-4-15(5-11-19)12-13-23-21(26)16-6-8-17(9-7-16)24-34(31,32)20-3-1-2-18(14-20)25(27)28/h1-11,14,24H,12-13H2,(H,23,26)(H2,22,29,30). The van der Waals surface area contributed by atoms with E-state index < -0.39 is 25.0 Å². The van der Waals surface area contributed by atoms with Gasteiger partial charge in [-0.05, 0) is 54.4 Å². The van der Waals surface area contributed by atoms with Crippen LogP contribution in [0, 0.1) is 10.1 Å². The average molecular weight is 505 g/mol. The van der Waals surface area contributed by atoms with Crippen molar-refractivity contribution in [1.82, 2.24) is 5.32 Å². The summed E-state index contributed by atoms with van der Waals surface area (Å²) in [5, 5.41) is 18.6. The smallest absolute Gasteiger partial charge is 0.270 e. The first-order chi connectivity index (χ1) is 16.0. The molecule has 0 unspecified atom stereocenters. The van der Waals surface area contributed by atoms with E-state index in [1.165, 1.54) is 54.6 Å². The molecule has 0 fully saturated rings. The van der Waals surface area contributed by atoms with Gasteiger partial charge in [0.1, 0.15) is 0 Å². The molecule has 34 heavy (non-hydrogen) atoms. The Morgan fingerprint density at radius 3 is 2.15 bits per heavy atom. The predicted molar refractivity (Wildman–Crippen MR) is 124 cm³/mol. The lowest BCUT2D eigenvalue weighted by Crippen LogP contribution is -2.25. The molecule has 178 valence electrons. The number of nitro benzene ring substituents is 1. The monoisotopic (exact) mass is 504 g/mol. The van der Waals surface area contributed by atoms with Crippen molar-refractivity contribution in [2.45, 2.75) is 16.2 Å². The van der Waals surface area contributed by atoms with E-state index in [2.05, 4.69) is 10.0 Å². The summed E-state index contributed by atoms with van der Waals surface area (Å²) in [7, 11) is -7.83. The molecule has 1 amide bonds. The molecule has 11 nitrogen and oxygen atoms in total. The highest BCUT2D eigenvalue weighted by molar-refractivity contribution is 7.92. The largest absolute Gasteiger partial charge is 0.352 e. The van der Waals surface area contributed by atoms with Gasteiger partial charge in [-0.3, -0.25) is 19.6 Å². The Morgan fingerprint density at radius 2 is 1.56 bits per heavy atom. The number of nitrogens with zero attached hydrogens (tertiary/aromatic N) is 1. The fourth-order valence-corrected chi connectivity index (χ4v) is 4.55. The molecule has 13 heteroatoms. The number of nitro groups is 1. The molecule has 0 radical (unpaired) electrons. The zero-order valence-corrected chi connectivity index (χ0v) is 19.2. The third kappa shape index (κ3) is 6.37. The summed E-state index contributed by atoms with van der Waals surface area (Å²) in [5.41, 5.74) is 0.926. The first kappa shape index (κ1) is 24.8. The van der Waals surface area contributed by atoms with Crippen LogP contribution >= 0.6 is 0 Å². The number of amides is 1. The van der Waals surface area contributed by atoms with Crippen LogP contribution in [0.15, 0.2) is 82.6 Å². The number of carbonyl (C=O) groups excluding carboxylic acids is 1. The van der Waals surface area contributed by atoms with Gasteiger partial charge >= 0.3 is 0 Å². The zero-order chi connectivity index (χ0) is 24.9. The van der Waals surface area contributed by atoms with Gasteiger partial charge < -0.3 is 5.32 Å². The minimum Gasteiger partial charge on any atom is -0.352 e. The summed E-state index contributed by atoms with van der Waals surface area (Å²) in [4.78, 5) is 22.3. The van der Waals surface area contributed by atoms with Crippen LogP contribution < -0.4 is 15.2 Å². The highest BCUT2D eigenvalue weighted by Crippen LogP contribution is 2.21. The quantitative estimate of drug-likeness (QED) is 0.294. The van der Waals surface area contributed by atoms with Crippen molar-refractivity contribution in [3.05, 3.63) is 94.0 Å². The van der Waals surface area contributed by atoms with E-state index in [-0.39, 0.29) is 33.6 Å². The number of nitrogens with one attached hydrogen (secondary N) is 2. The summed E-state index contributed by atoms with van der Waals surface area (Å²) in [6.07, 6.45) is 0.456. The van der Waals surface area contributed by atoms with Crippen LogP contribution in [-0.2, 0) is 26.5 Å². The maximum absolute atomic E-state index is 12.5. The molecule has 0 aliphatic heterocycles. The Kier molecular flexibility index (Phi) is 7.29. The molecule has 0 bridgehead atoms. The highest BCUT2D eigenvalue weighted by atomic mass is 32.2. The lowest BCUT2D eigenvalue weighted by molar-refractivity contribution is -0.385. The Hall–Kier alpha value is -3.81. The second-order valence-corrected chi connectivity index (χ2v) is 10.4. The first-order valence-electron chi connectivity index (χ1n) is 9.73. The van der Waals surface area contributed by atoms with Gasteiger partial charge in [0.25, 0.3) is 21.6 Å². The van der Waals surface area contributed by atoms with Crippen molar-refractivity contribution in [2.24, 2.45) is 5.14 Å². The number of benzene rings is 3. The minimum absolute atomic E-state index is 0.00138. The van der Waals surface area contributed by atoms with Crippen LogP contribution in [0.4, 0.5) is 11.4 Å². The number of anilines is 1. The number of rotatable bonds is 9. The maximum atomic E-state index is 12.5. The van der Waals surface area contributed by atoms with Gasteiger partial charge in [-0.1, -0.05) is 18.2 Å². The van der Waals surface area contributed by atoms with E-state index in [0.717, 1.165) is 11.6 Å². The summed E-state index contributed by atoms with van der Waals surface area (Å²) in [6, 6.07) is 16.3. The predicted octanol–water partition coefficient (Wildman–Crippen LogP) is 2.02. The molecule has 0 saturated carbocycles. The average Bonchev–Trinajstić information content (AvgIpc) is 2.79.